The van der Waals surface area contributed by atoms with Gasteiger partial charge in [0.25, 0.3) is 0 Å². The van der Waals surface area contributed by atoms with Crippen LogP contribution in [0.15, 0.2) is 78.2 Å². The van der Waals surface area contributed by atoms with Crippen LogP contribution in [-0.2, 0) is 4.79 Å². The van der Waals surface area contributed by atoms with Crippen molar-refractivity contribution in [1.82, 2.24) is 19.7 Å². The van der Waals surface area contributed by atoms with Gasteiger partial charge in [-0.05, 0) is 56.3 Å². The first-order valence-electron chi connectivity index (χ1n) is 10.3. The lowest BCUT2D eigenvalue weighted by Gasteiger charge is -2.24. The number of anilines is 1. The summed E-state index contributed by atoms with van der Waals surface area (Å²) in [5.74, 6) is 0.583. The molecule has 0 aliphatic carbocycles. The number of para-hydroxylation sites is 1. The highest BCUT2D eigenvalue weighted by atomic mass is 35.5. The van der Waals surface area contributed by atoms with Crippen molar-refractivity contribution in [2.75, 3.05) is 11.4 Å². The number of thioether (sulfide) groups is 1. The largest absolute Gasteiger partial charge is 0.312 e. The monoisotopic (exact) mass is 497 g/mol. The second-order valence-corrected chi connectivity index (χ2v) is 9.28. The molecule has 33 heavy (non-hydrogen) atoms. The van der Waals surface area contributed by atoms with Gasteiger partial charge in [0.1, 0.15) is 0 Å². The van der Waals surface area contributed by atoms with Gasteiger partial charge in [0.15, 0.2) is 11.0 Å². The number of rotatable bonds is 7. The van der Waals surface area contributed by atoms with Crippen molar-refractivity contribution in [2.45, 2.75) is 24.3 Å². The third kappa shape index (κ3) is 5.05. The van der Waals surface area contributed by atoms with Gasteiger partial charge >= 0.3 is 0 Å². The molecule has 0 N–H and O–H groups in total. The molecule has 0 bridgehead atoms. The zero-order valence-corrected chi connectivity index (χ0v) is 20.3. The highest BCUT2D eigenvalue weighted by molar-refractivity contribution is 8.00. The molecule has 0 radical (unpaired) electrons. The molecule has 4 aromatic rings. The second kappa shape index (κ2) is 10.4. The molecule has 0 spiro atoms. The Morgan fingerprint density at radius 3 is 2.52 bits per heavy atom. The van der Waals surface area contributed by atoms with E-state index < -0.39 is 5.25 Å². The number of hydrogen-bond donors (Lipinski definition) is 0. The molecule has 2 aromatic carbocycles. The van der Waals surface area contributed by atoms with Crippen LogP contribution in [0, 0.1) is 0 Å². The van der Waals surface area contributed by atoms with Crippen LogP contribution in [-0.4, -0.2) is 37.5 Å². The smallest absolute Gasteiger partial charge is 0.240 e. The van der Waals surface area contributed by atoms with Crippen molar-refractivity contribution < 1.29 is 4.79 Å². The summed E-state index contributed by atoms with van der Waals surface area (Å²) in [4.78, 5) is 19.3. The van der Waals surface area contributed by atoms with E-state index >= 15 is 0 Å². The van der Waals surface area contributed by atoms with Crippen molar-refractivity contribution in [3.63, 3.8) is 0 Å². The Bertz CT molecular complexity index is 1250. The fraction of sp³-hybridized carbons (Fsp3) is 0.167. The van der Waals surface area contributed by atoms with E-state index in [1.165, 1.54) is 11.8 Å². The highest BCUT2D eigenvalue weighted by Gasteiger charge is 2.26. The molecule has 0 saturated carbocycles. The minimum atomic E-state index is -0.405. The molecule has 0 aliphatic rings. The molecule has 9 heteroatoms. The lowest BCUT2D eigenvalue weighted by molar-refractivity contribution is -0.117. The van der Waals surface area contributed by atoms with E-state index in [0.29, 0.717) is 27.6 Å². The van der Waals surface area contributed by atoms with Crippen LogP contribution in [0.1, 0.15) is 13.8 Å². The minimum absolute atomic E-state index is 0.0136. The number of pyridine rings is 1. The number of nitrogens with zero attached hydrogens (tertiary/aromatic N) is 5. The van der Waals surface area contributed by atoms with E-state index in [1.807, 2.05) is 66.9 Å². The summed E-state index contributed by atoms with van der Waals surface area (Å²) in [5, 5.41) is 9.84. The predicted molar refractivity (Wildman–Crippen MR) is 134 cm³/mol. The van der Waals surface area contributed by atoms with Crippen LogP contribution >= 0.6 is 35.0 Å². The molecule has 1 amide bonds. The summed E-state index contributed by atoms with van der Waals surface area (Å²) >= 11 is 13.8. The van der Waals surface area contributed by atoms with Crippen molar-refractivity contribution in [1.29, 1.82) is 0 Å². The Morgan fingerprint density at radius 1 is 1.06 bits per heavy atom. The number of amides is 1. The highest BCUT2D eigenvalue weighted by Crippen LogP contribution is 2.33. The van der Waals surface area contributed by atoms with Gasteiger partial charge < -0.3 is 4.90 Å². The van der Waals surface area contributed by atoms with Crippen molar-refractivity contribution in [3.8, 4) is 17.1 Å². The molecule has 2 heterocycles. The second-order valence-electron chi connectivity index (χ2n) is 7.16. The average Bonchev–Trinajstić information content (AvgIpc) is 3.26. The van der Waals surface area contributed by atoms with Gasteiger partial charge in [-0.1, -0.05) is 53.2 Å². The van der Waals surface area contributed by atoms with Crippen LogP contribution in [0.4, 0.5) is 5.69 Å². The summed E-state index contributed by atoms with van der Waals surface area (Å²) in [6.07, 6.45) is 3.41. The standard InChI is InChI=1S/C24H21Cl2N5OS/c1-3-30(18-9-5-4-6-10-18)23(32)16(2)33-24-29-28-22(17-8-7-13-27-15-17)31(24)19-11-12-20(25)21(26)14-19/h4-16H,3H2,1-2H3. The van der Waals surface area contributed by atoms with Gasteiger partial charge in [0, 0.05) is 30.2 Å². The number of carbonyl (C=O) groups excluding carboxylic acids is 1. The number of aromatic nitrogens is 4. The Kier molecular flexibility index (Phi) is 7.33. The zero-order chi connectivity index (χ0) is 23.4. The molecule has 168 valence electrons. The van der Waals surface area contributed by atoms with E-state index in [9.17, 15) is 4.79 Å². The van der Waals surface area contributed by atoms with E-state index in [2.05, 4.69) is 15.2 Å². The van der Waals surface area contributed by atoms with Crippen LogP contribution in [0.2, 0.25) is 10.0 Å². The normalized spacial score (nSPS) is 11.9. The molecule has 0 saturated heterocycles. The van der Waals surface area contributed by atoms with E-state index in [4.69, 9.17) is 23.2 Å². The van der Waals surface area contributed by atoms with Crippen molar-refractivity contribution >= 4 is 46.6 Å². The SMILES string of the molecule is CCN(C(=O)C(C)Sc1nnc(-c2cccnc2)n1-c1ccc(Cl)c(Cl)c1)c1ccccc1. The molecule has 0 aliphatic heterocycles. The van der Waals surface area contributed by atoms with Crippen LogP contribution < -0.4 is 4.90 Å². The zero-order valence-electron chi connectivity index (χ0n) is 18.0. The molecule has 1 unspecified atom stereocenters. The third-order valence-corrected chi connectivity index (χ3v) is 6.76. The molecular weight excluding hydrogens is 477 g/mol. The van der Waals surface area contributed by atoms with E-state index in [1.54, 1.807) is 29.4 Å². The predicted octanol–water partition coefficient (Wildman–Crippen LogP) is 6.17. The lowest BCUT2D eigenvalue weighted by Crippen LogP contribution is -2.36. The van der Waals surface area contributed by atoms with Gasteiger partial charge in [-0.15, -0.1) is 10.2 Å². The van der Waals surface area contributed by atoms with Gasteiger partial charge in [-0.3, -0.25) is 14.3 Å². The fourth-order valence-corrected chi connectivity index (χ4v) is 4.61. The molecule has 1 atom stereocenters. The maximum Gasteiger partial charge on any atom is 0.240 e. The minimum Gasteiger partial charge on any atom is -0.312 e. The van der Waals surface area contributed by atoms with Gasteiger partial charge in [-0.2, -0.15) is 0 Å². The summed E-state index contributed by atoms with van der Waals surface area (Å²) < 4.78 is 1.87. The first-order chi connectivity index (χ1) is 16.0. The van der Waals surface area contributed by atoms with Crippen molar-refractivity contribution in [3.05, 3.63) is 83.1 Å². The number of benzene rings is 2. The van der Waals surface area contributed by atoms with Crippen LogP contribution in [0.3, 0.4) is 0 Å². The molecule has 2 aromatic heterocycles. The summed E-state index contributed by atoms with van der Waals surface area (Å²) in [7, 11) is 0. The Labute approximate surface area is 206 Å². The first kappa shape index (κ1) is 23.3. The quantitative estimate of drug-likeness (QED) is 0.285. The average molecular weight is 498 g/mol. The molecule has 0 fully saturated rings. The maximum absolute atomic E-state index is 13.3. The number of hydrogen-bond acceptors (Lipinski definition) is 5. The van der Waals surface area contributed by atoms with Crippen LogP contribution in [0.25, 0.3) is 17.1 Å². The fourth-order valence-electron chi connectivity index (χ4n) is 3.39. The first-order valence-corrected chi connectivity index (χ1v) is 12.0. The van der Waals surface area contributed by atoms with Crippen LogP contribution in [0.5, 0.6) is 0 Å². The molecular formula is C24H21Cl2N5OS. The summed E-state index contributed by atoms with van der Waals surface area (Å²) in [6.45, 7) is 4.39. The van der Waals surface area contributed by atoms with Gasteiger partial charge in [0.05, 0.1) is 21.0 Å². The summed E-state index contributed by atoms with van der Waals surface area (Å²) in [5.41, 5.74) is 2.40. The van der Waals surface area contributed by atoms with Crippen molar-refractivity contribution in [2.24, 2.45) is 0 Å². The molecule has 6 nitrogen and oxygen atoms in total. The van der Waals surface area contributed by atoms with Gasteiger partial charge in [-0.25, -0.2) is 0 Å². The topological polar surface area (TPSA) is 63.9 Å². The Morgan fingerprint density at radius 2 is 1.85 bits per heavy atom. The van der Waals surface area contributed by atoms with Gasteiger partial charge in [0.2, 0.25) is 5.91 Å². The van der Waals surface area contributed by atoms with E-state index in [-0.39, 0.29) is 5.91 Å². The molecule has 4 rings (SSSR count). The third-order valence-electron chi connectivity index (χ3n) is 4.99. The number of carbonyl (C=O) groups is 1. The summed E-state index contributed by atoms with van der Waals surface area (Å²) in [6, 6.07) is 18.7. The Balaban J connectivity index is 1.71. The van der Waals surface area contributed by atoms with E-state index in [0.717, 1.165) is 16.9 Å². The Hall–Kier alpha value is -2.87. The maximum atomic E-state index is 13.3. The number of halogens is 2. The lowest BCUT2D eigenvalue weighted by atomic mass is 10.2.